The second kappa shape index (κ2) is 9.54. The molecular weight excluding hydrogens is 490 g/mol. The number of carbonyl (C=O) groups is 2. The Balaban J connectivity index is 1.74. The Morgan fingerprint density at radius 2 is 1.56 bits per heavy atom. The van der Waals surface area contributed by atoms with Gasteiger partial charge in [0.15, 0.2) is 11.5 Å². The van der Waals surface area contributed by atoms with Crippen molar-refractivity contribution < 1.29 is 19.1 Å². The third-order valence-electron chi connectivity index (χ3n) is 8.10. The zero-order chi connectivity index (χ0) is 28.2. The lowest BCUT2D eigenvalue weighted by Crippen LogP contribution is -2.57. The summed E-state index contributed by atoms with van der Waals surface area (Å²) in [5.41, 5.74) is 2.01. The molecule has 2 heterocycles. The number of benzene rings is 2. The van der Waals surface area contributed by atoms with Gasteiger partial charge < -0.3 is 14.4 Å². The van der Waals surface area contributed by atoms with Gasteiger partial charge >= 0.3 is 0 Å². The summed E-state index contributed by atoms with van der Waals surface area (Å²) in [5.74, 6) is 2.27. The first-order valence-electron chi connectivity index (χ1n) is 13.6. The first kappa shape index (κ1) is 27.0. The number of rotatable bonds is 5. The van der Waals surface area contributed by atoms with Gasteiger partial charge in [-0.05, 0) is 30.0 Å². The van der Waals surface area contributed by atoms with Gasteiger partial charge in [0, 0.05) is 42.5 Å². The largest absolute Gasteiger partial charge is 0.493 e. The molecule has 7 nitrogen and oxygen atoms in total. The van der Waals surface area contributed by atoms with Crippen LogP contribution in [0.2, 0.25) is 0 Å². The molecule has 0 bridgehead atoms. The number of Topliss-reactive ketones (excluding diaryl/α,β-unsaturated/α-hetero) is 2. The van der Waals surface area contributed by atoms with E-state index in [1.54, 1.807) is 14.2 Å². The van der Waals surface area contributed by atoms with Crippen molar-refractivity contribution in [1.82, 2.24) is 9.78 Å². The van der Waals surface area contributed by atoms with Gasteiger partial charge in [0.2, 0.25) is 0 Å². The van der Waals surface area contributed by atoms with Crippen LogP contribution in [0.1, 0.15) is 64.3 Å². The monoisotopic (exact) mass is 529 g/mol. The Bertz CT molecular complexity index is 1400. The molecule has 1 spiro atoms. The minimum atomic E-state index is -1.10. The zero-order valence-electron chi connectivity index (χ0n) is 24.1. The van der Waals surface area contributed by atoms with Crippen LogP contribution in [0.4, 0.5) is 5.82 Å². The number of para-hydroxylation sites is 2. The van der Waals surface area contributed by atoms with E-state index in [4.69, 9.17) is 14.6 Å². The molecule has 1 saturated carbocycles. The maximum absolute atomic E-state index is 13.9. The number of methoxy groups -OCH3 is 2. The molecule has 39 heavy (non-hydrogen) atoms. The normalized spacial score (nSPS) is 18.3. The van der Waals surface area contributed by atoms with Crippen molar-refractivity contribution in [3.63, 3.8) is 0 Å². The second-order valence-electron chi connectivity index (χ2n) is 12.8. The zero-order valence-corrected chi connectivity index (χ0v) is 24.1. The summed E-state index contributed by atoms with van der Waals surface area (Å²) in [6, 6.07) is 15.9. The predicted molar refractivity (Wildman–Crippen MR) is 152 cm³/mol. The third kappa shape index (κ3) is 4.62. The molecule has 0 atom stereocenters. The average molecular weight is 530 g/mol. The van der Waals surface area contributed by atoms with Gasteiger partial charge in [-0.1, -0.05) is 65.0 Å². The van der Waals surface area contributed by atoms with Crippen LogP contribution >= 0.6 is 0 Å². The van der Waals surface area contributed by atoms with Crippen LogP contribution in [-0.2, 0) is 28.0 Å². The number of hydrogen-bond acceptors (Lipinski definition) is 6. The number of hydrogen-bond donors (Lipinski definition) is 0. The highest BCUT2D eigenvalue weighted by Crippen LogP contribution is 2.50. The molecule has 1 fully saturated rings. The molecule has 0 radical (unpaired) electrons. The minimum Gasteiger partial charge on any atom is -0.493 e. The van der Waals surface area contributed by atoms with Crippen molar-refractivity contribution in [2.75, 3.05) is 25.7 Å². The van der Waals surface area contributed by atoms with Gasteiger partial charge in [-0.25, -0.2) is 4.68 Å². The van der Waals surface area contributed by atoms with Crippen LogP contribution in [0.5, 0.6) is 11.5 Å². The van der Waals surface area contributed by atoms with Crippen LogP contribution in [0.15, 0.2) is 48.5 Å². The molecule has 2 aliphatic rings. The molecule has 206 valence electrons. The van der Waals surface area contributed by atoms with Crippen molar-refractivity contribution >= 4 is 17.4 Å². The van der Waals surface area contributed by atoms with Gasteiger partial charge in [0.25, 0.3) is 0 Å². The van der Waals surface area contributed by atoms with E-state index in [0.29, 0.717) is 43.9 Å². The molecule has 0 amide bonds. The summed E-state index contributed by atoms with van der Waals surface area (Å²) in [6.07, 6.45) is 1.16. The Hall–Kier alpha value is -3.61. The molecule has 1 aliphatic heterocycles. The Morgan fingerprint density at radius 1 is 0.897 bits per heavy atom. The lowest BCUT2D eigenvalue weighted by molar-refractivity contribution is -0.148. The molecule has 5 rings (SSSR count). The van der Waals surface area contributed by atoms with Crippen LogP contribution in [-0.4, -0.2) is 42.1 Å². The van der Waals surface area contributed by atoms with Crippen LogP contribution < -0.4 is 14.4 Å². The van der Waals surface area contributed by atoms with E-state index in [1.807, 2.05) is 67.1 Å². The fourth-order valence-electron chi connectivity index (χ4n) is 6.25. The predicted octanol–water partition coefficient (Wildman–Crippen LogP) is 5.69. The molecule has 1 aromatic heterocycles. The van der Waals surface area contributed by atoms with E-state index in [9.17, 15) is 9.59 Å². The van der Waals surface area contributed by atoms with Crippen molar-refractivity contribution in [3.05, 3.63) is 65.4 Å². The molecule has 2 aromatic carbocycles. The maximum Gasteiger partial charge on any atom is 0.165 e. The van der Waals surface area contributed by atoms with Gasteiger partial charge in [-0.2, -0.15) is 5.10 Å². The SMILES string of the molecule is COc1cccc(CN2CC3(Cc4c(C(C)(C)C)nn(-c5ccccc5)c42)C(=O)CC(C)(C)CC3=O)c1OC. The van der Waals surface area contributed by atoms with E-state index in [1.165, 1.54) is 0 Å². The molecule has 0 N–H and O–H groups in total. The first-order valence-corrected chi connectivity index (χ1v) is 13.6. The number of anilines is 1. The number of ketones is 2. The van der Waals surface area contributed by atoms with Gasteiger partial charge in [-0.15, -0.1) is 0 Å². The summed E-state index contributed by atoms with van der Waals surface area (Å²) >= 11 is 0. The fraction of sp³-hybridized carbons (Fsp3) is 0.469. The van der Waals surface area contributed by atoms with Crippen LogP contribution in [0, 0.1) is 10.8 Å². The fourth-order valence-corrected chi connectivity index (χ4v) is 6.25. The number of ether oxygens (including phenoxy) is 2. The van der Waals surface area contributed by atoms with Gasteiger partial charge in [0.1, 0.15) is 22.8 Å². The first-order chi connectivity index (χ1) is 18.4. The molecule has 7 heteroatoms. The summed E-state index contributed by atoms with van der Waals surface area (Å²) < 4.78 is 13.3. The average Bonchev–Trinajstić information content (AvgIpc) is 3.28. The van der Waals surface area contributed by atoms with Crippen molar-refractivity contribution in [2.45, 2.75) is 65.8 Å². The summed E-state index contributed by atoms with van der Waals surface area (Å²) in [7, 11) is 3.25. The van der Waals surface area contributed by atoms with Crippen LogP contribution in [0.25, 0.3) is 5.69 Å². The maximum atomic E-state index is 13.9. The smallest absolute Gasteiger partial charge is 0.165 e. The summed E-state index contributed by atoms with van der Waals surface area (Å²) in [6.45, 7) is 11.2. The van der Waals surface area contributed by atoms with Gasteiger partial charge in [-0.3, -0.25) is 9.59 Å². The highest BCUT2D eigenvalue weighted by atomic mass is 16.5. The van der Waals surface area contributed by atoms with Gasteiger partial charge in [0.05, 0.1) is 25.6 Å². The van der Waals surface area contributed by atoms with E-state index in [0.717, 1.165) is 28.3 Å². The lowest BCUT2D eigenvalue weighted by Gasteiger charge is -2.47. The van der Waals surface area contributed by atoms with E-state index in [-0.39, 0.29) is 22.4 Å². The minimum absolute atomic E-state index is 0.0318. The quantitative estimate of drug-likeness (QED) is 0.395. The highest BCUT2D eigenvalue weighted by Gasteiger charge is 2.56. The molecule has 0 saturated heterocycles. The van der Waals surface area contributed by atoms with Crippen molar-refractivity contribution in [1.29, 1.82) is 0 Å². The number of fused-ring (bicyclic) bond motifs is 1. The molecule has 3 aromatic rings. The van der Waals surface area contributed by atoms with E-state index < -0.39 is 5.41 Å². The number of carbonyl (C=O) groups excluding carboxylic acids is 2. The van der Waals surface area contributed by atoms with E-state index >= 15 is 0 Å². The molecule has 1 aliphatic carbocycles. The standard InChI is InChI=1S/C32H39N3O4/c1-30(2,3)28-23-16-32(25(36)17-31(4,5)18-26(32)37)20-34(19-21-12-11-15-24(38-6)27(21)39-7)29(23)35(33-28)22-13-9-8-10-14-22/h8-15H,16-20H2,1-7H3. The Morgan fingerprint density at radius 3 is 2.15 bits per heavy atom. The van der Waals surface area contributed by atoms with Crippen LogP contribution in [0.3, 0.4) is 0 Å². The molecular formula is C32H39N3O4. The number of aromatic nitrogens is 2. The summed E-state index contributed by atoms with van der Waals surface area (Å²) in [4.78, 5) is 30.1. The lowest BCUT2D eigenvalue weighted by atomic mass is 9.60. The highest BCUT2D eigenvalue weighted by molar-refractivity contribution is 6.11. The Kier molecular flexibility index (Phi) is 6.60. The second-order valence-corrected chi connectivity index (χ2v) is 12.8. The van der Waals surface area contributed by atoms with Crippen molar-refractivity contribution in [3.8, 4) is 17.2 Å². The topological polar surface area (TPSA) is 73.7 Å². The number of nitrogens with zero attached hydrogens (tertiary/aromatic N) is 3. The Labute approximate surface area is 231 Å². The third-order valence-corrected chi connectivity index (χ3v) is 8.10. The molecule has 0 unspecified atom stereocenters. The van der Waals surface area contributed by atoms with E-state index in [2.05, 4.69) is 25.7 Å². The van der Waals surface area contributed by atoms with Crippen molar-refractivity contribution in [2.24, 2.45) is 10.8 Å². The summed E-state index contributed by atoms with van der Waals surface area (Å²) in [5, 5.41) is 5.15.